The van der Waals surface area contributed by atoms with Crippen LogP contribution in [0.5, 0.6) is 0 Å². The Kier molecular flexibility index (Phi) is 3.04. The molecule has 0 saturated carbocycles. The molecular formula is C11H11N3O3. The zero-order chi connectivity index (χ0) is 12.3. The zero-order valence-electron chi connectivity index (χ0n) is 8.91. The van der Waals surface area contributed by atoms with Crippen LogP contribution in [0.2, 0.25) is 0 Å². The van der Waals surface area contributed by atoms with E-state index >= 15 is 0 Å². The molecular weight excluding hydrogens is 222 g/mol. The molecule has 0 saturated heterocycles. The Bertz CT molecular complexity index is 482. The molecule has 1 amide bonds. The zero-order valence-corrected chi connectivity index (χ0v) is 8.91. The van der Waals surface area contributed by atoms with E-state index in [0.717, 1.165) is 0 Å². The lowest BCUT2D eigenvalue weighted by Gasteiger charge is -2.03. The van der Waals surface area contributed by atoms with Gasteiger partial charge in [0.15, 0.2) is 0 Å². The number of carbonyl (C=O) groups excluding carboxylic acids is 1. The van der Waals surface area contributed by atoms with Gasteiger partial charge >= 0.3 is 0 Å². The second-order valence-corrected chi connectivity index (χ2v) is 3.55. The SMILES string of the molecule is NC(=O)C1CC(/C(=N\O)c2ccccc2)=NO1. The van der Waals surface area contributed by atoms with E-state index in [4.69, 9.17) is 15.8 Å². The minimum Gasteiger partial charge on any atom is -0.410 e. The Hall–Kier alpha value is -2.37. The van der Waals surface area contributed by atoms with Crippen LogP contribution in [0.1, 0.15) is 12.0 Å². The number of nitrogens with two attached hydrogens (primary N) is 1. The van der Waals surface area contributed by atoms with Gasteiger partial charge in [-0.15, -0.1) is 0 Å². The van der Waals surface area contributed by atoms with Gasteiger partial charge in [-0.25, -0.2) is 0 Å². The first-order valence-electron chi connectivity index (χ1n) is 5.02. The van der Waals surface area contributed by atoms with E-state index in [1.54, 1.807) is 12.1 Å². The van der Waals surface area contributed by atoms with Gasteiger partial charge in [0.05, 0.1) is 0 Å². The Balaban J connectivity index is 2.20. The molecule has 88 valence electrons. The second kappa shape index (κ2) is 4.65. The van der Waals surface area contributed by atoms with E-state index in [0.29, 0.717) is 11.3 Å². The highest BCUT2D eigenvalue weighted by Gasteiger charge is 2.29. The normalized spacial score (nSPS) is 19.6. The molecule has 2 rings (SSSR count). The summed E-state index contributed by atoms with van der Waals surface area (Å²) >= 11 is 0. The van der Waals surface area contributed by atoms with Crippen LogP contribution >= 0.6 is 0 Å². The number of rotatable bonds is 3. The number of amides is 1. The van der Waals surface area contributed by atoms with Crippen molar-refractivity contribution in [3.05, 3.63) is 35.9 Å². The summed E-state index contributed by atoms with van der Waals surface area (Å²) in [5.41, 5.74) is 6.49. The number of oxime groups is 2. The van der Waals surface area contributed by atoms with E-state index < -0.39 is 12.0 Å². The van der Waals surface area contributed by atoms with Crippen molar-refractivity contribution in [2.75, 3.05) is 0 Å². The average molecular weight is 233 g/mol. The molecule has 1 atom stereocenters. The van der Waals surface area contributed by atoms with Gasteiger partial charge in [-0.1, -0.05) is 40.6 Å². The molecule has 1 heterocycles. The van der Waals surface area contributed by atoms with Crippen molar-refractivity contribution in [3.63, 3.8) is 0 Å². The van der Waals surface area contributed by atoms with Gasteiger partial charge in [-0.2, -0.15) is 0 Å². The fourth-order valence-corrected chi connectivity index (χ4v) is 1.55. The Morgan fingerprint density at radius 1 is 1.47 bits per heavy atom. The number of carbonyl (C=O) groups is 1. The van der Waals surface area contributed by atoms with Crippen LogP contribution in [0.15, 0.2) is 40.6 Å². The van der Waals surface area contributed by atoms with Crippen LogP contribution in [-0.4, -0.2) is 28.6 Å². The third-order valence-electron chi connectivity index (χ3n) is 2.41. The lowest BCUT2D eigenvalue weighted by atomic mass is 10.0. The van der Waals surface area contributed by atoms with E-state index in [1.807, 2.05) is 18.2 Å². The minimum atomic E-state index is -0.787. The predicted octanol–water partition coefficient (Wildman–Crippen LogP) is 0.495. The molecule has 6 nitrogen and oxygen atoms in total. The van der Waals surface area contributed by atoms with Crippen LogP contribution in [0.3, 0.4) is 0 Å². The summed E-state index contributed by atoms with van der Waals surface area (Å²) in [5, 5.41) is 15.9. The van der Waals surface area contributed by atoms with Crippen LogP contribution in [-0.2, 0) is 9.63 Å². The van der Waals surface area contributed by atoms with Crippen molar-refractivity contribution < 1.29 is 14.8 Å². The topological polar surface area (TPSA) is 97.3 Å². The van der Waals surface area contributed by atoms with Crippen molar-refractivity contribution >= 4 is 17.3 Å². The molecule has 1 aliphatic heterocycles. The maximum absolute atomic E-state index is 10.9. The minimum absolute atomic E-state index is 0.212. The quantitative estimate of drug-likeness (QED) is 0.451. The maximum atomic E-state index is 10.9. The molecule has 6 heteroatoms. The first kappa shape index (κ1) is 11.1. The van der Waals surface area contributed by atoms with Crippen molar-refractivity contribution in [2.45, 2.75) is 12.5 Å². The van der Waals surface area contributed by atoms with Gasteiger partial charge in [0.2, 0.25) is 6.10 Å². The van der Waals surface area contributed by atoms with Crippen molar-refractivity contribution in [2.24, 2.45) is 16.0 Å². The van der Waals surface area contributed by atoms with Crippen LogP contribution < -0.4 is 5.73 Å². The molecule has 0 aliphatic carbocycles. The largest absolute Gasteiger partial charge is 0.410 e. The van der Waals surface area contributed by atoms with Crippen LogP contribution in [0, 0.1) is 0 Å². The lowest BCUT2D eigenvalue weighted by molar-refractivity contribution is -0.127. The number of primary amides is 1. The molecule has 0 spiro atoms. The van der Waals surface area contributed by atoms with E-state index in [9.17, 15) is 4.79 Å². The summed E-state index contributed by atoms with van der Waals surface area (Å²) in [6, 6.07) is 9.01. The summed E-state index contributed by atoms with van der Waals surface area (Å²) in [7, 11) is 0. The number of benzene rings is 1. The predicted molar refractivity (Wildman–Crippen MR) is 60.9 cm³/mol. The number of nitrogens with zero attached hydrogens (tertiary/aromatic N) is 2. The third-order valence-corrected chi connectivity index (χ3v) is 2.41. The maximum Gasteiger partial charge on any atom is 0.261 e. The van der Waals surface area contributed by atoms with Crippen LogP contribution in [0.4, 0.5) is 0 Å². The van der Waals surface area contributed by atoms with E-state index in [-0.39, 0.29) is 12.1 Å². The fraction of sp³-hybridized carbons (Fsp3) is 0.182. The second-order valence-electron chi connectivity index (χ2n) is 3.55. The van der Waals surface area contributed by atoms with Gasteiger partial charge in [-0.05, 0) is 0 Å². The standard InChI is InChI=1S/C11H11N3O3/c12-11(15)9-6-8(14-17-9)10(13-16)7-4-2-1-3-5-7/h1-5,9,16H,6H2,(H2,12,15)/b13-10-. The first-order chi connectivity index (χ1) is 8.22. The molecule has 0 bridgehead atoms. The smallest absolute Gasteiger partial charge is 0.261 e. The van der Waals surface area contributed by atoms with Gasteiger partial charge in [0.1, 0.15) is 11.4 Å². The van der Waals surface area contributed by atoms with Crippen molar-refractivity contribution in [3.8, 4) is 0 Å². The number of hydrogen-bond acceptors (Lipinski definition) is 5. The van der Waals surface area contributed by atoms with E-state index in [2.05, 4.69) is 10.3 Å². The van der Waals surface area contributed by atoms with Crippen molar-refractivity contribution in [1.29, 1.82) is 0 Å². The third kappa shape index (κ3) is 2.25. The molecule has 0 radical (unpaired) electrons. The van der Waals surface area contributed by atoms with E-state index in [1.165, 1.54) is 0 Å². The number of hydrogen-bond donors (Lipinski definition) is 2. The first-order valence-corrected chi connectivity index (χ1v) is 5.02. The molecule has 1 unspecified atom stereocenters. The molecule has 0 fully saturated rings. The molecule has 17 heavy (non-hydrogen) atoms. The fourth-order valence-electron chi connectivity index (χ4n) is 1.55. The summed E-state index contributed by atoms with van der Waals surface area (Å²) in [4.78, 5) is 15.8. The summed E-state index contributed by atoms with van der Waals surface area (Å²) in [6.45, 7) is 0. The molecule has 1 aromatic rings. The Morgan fingerprint density at radius 2 is 2.18 bits per heavy atom. The van der Waals surface area contributed by atoms with Gasteiger partial charge < -0.3 is 15.8 Å². The Morgan fingerprint density at radius 3 is 2.71 bits per heavy atom. The Labute approximate surface area is 97.4 Å². The average Bonchev–Trinajstić information content (AvgIpc) is 2.81. The van der Waals surface area contributed by atoms with Crippen LogP contribution in [0.25, 0.3) is 0 Å². The van der Waals surface area contributed by atoms with Gasteiger partial charge in [0, 0.05) is 12.0 Å². The van der Waals surface area contributed by atoms with Gasteiger partial charge in [0.25, 0.3) is 5.91 Å². The summed E-state index contributed by atoms with van der Waals surface area (Å²) in [6.07, 6.45) is -0.575. The lowest BCUT2D eigenvalue weighted by Crippen LogP contribution is -2.29. The molecule has 1 aliphatic rings. The monoisotopic (exact) mass is 233 g/mol. The molecule has 3 N–H and O–H groups in total. The van der Waals surface area contributed by atoms with Crippen molar-refractivity contribution in [1.82, 2.24) is 0 Å². The summed E-state index contributed by atoms with van der Waals surface area (Å²) < 4.78 is 0. The highest BCUT2D eigenvalue weighted by Crippen LogP contribution is 2.14. The highest BCUT2D eigenvalue weighted by molar-refractivity contribution is 6.48. The highest BCUT2D eigenvalue weighted by atomic mass is 16.6. The molecule has 0 aromatic heterocycles. The summed E-state index contributed by atoms with van der Waals surface area (Å²) in [5.74, 6) is -0.589. The molecule has 1 aromatic carbocycles. The van der Waals surface area contributed by atoms with Gasteiger partial charge in [-0.3, -0.25) is 4.79 Å².